The highest BCUT2D eigenvalue weighted by Crippen LogP contribution is 2.68. The number of aliphatic hydroxyl groups excluding tert-OH is 4. The van der Waals surface area contributed by atoms with Gasteiger partial charge < -0.3 is 61.1 Å². The number of ether oxygens (including phenoxy) is 1. The van der Waals surface area contributed by atoms with Crippen molar-refractivity contribution < 1.29 is 90.7 Å². The molecule has 0 spiro atoms. The first-order valence-electron chi connectivity index (χ1n) is 26.5. The number of amides is 2. The second-order valence-corrected chi connectivity index (χ2v) is 28.4. The number of hydrogen-bond donors (Lipinski definition) is 11. The smallest absolute Gasteiger partial charge is 0.393 e. The lowest BCUT2D eigenvalue weighted by Gasteiger charge is -2.62. The lowest BCUT2D eigenvalue weighted by Crippen LogP contribution is -2.58. The molecule has 26 nitrogen and oxygen atoms in total. The number of aromatic nitrogens is 4. The van der Waals surface area contributed by atoms with E-state index in [1.54, 1.807) is 6.92 Å². The second-order valence-electron chi connectivity index (χ2n) is 23.1. The van der Waals surface area contributed by atoms with Gasteiger partial charge in [-0.2, -0.15) is 4.31 Å². The van der Waals surface area contributed by atoms with Crippen LogP contribution in [0.4, 0.5) is 5.82 Å². The van der Waals surface area contributed by atoms with Crippen molar-refractivity contribution in [3.05, 3.63) is 24.3 Å². The Kier molecular flexibility index (Phi) is 20.1. The molecule has 4 saturated carbocycles. The van der Waals surface area contributed by atoms with E-state index in [9.17, 15) is 68.1 Å². The molecule has 440 valence electrons. The molecule has 0 radical (unpaired) electrons. The maximum Gasteiger partial charge on any atom is 0.481 e. The molecular formula is C48H78N7O19P3S. The van der Waals surface area contributed by atoms with Crippen LogP contribution in [0, 0.1) is 51.8 Å². The number of anilines is 1. The second kappa shape index (κ2) is 25.0. The Labute approximate surface area is 457 Å². The summed E-state index contributed by atoms with van der Waals surface area (Å²) in [6, 6.07) is 0. The first-order chi connectivity index (χ1) is 36.4. The first kappa shape index (κ1) is 62.8. The van der Waals surface area contributed by atoms with Crippen molar-refractivity contribution in [2.24, 2.45) is 51.8 Å². The average Bonchev–Trinajstić information content (AvgIpc) is 4.18. The van der Waals surface area contributed by atoms with Gasteiger partial charge in [0, 0.05) is 30.7 Å². The van der Waals surface area contributed by atoms with E-state index < -0.39 is 84.6 Å². The molecule has 1 aliphatic heterocycles. The van der Waals surface area contributed by atoms with E-state index in [2.05, 4.69) is 55.2 Å². The van der Waals surface area contributed by atoms with E-state index in [1.807, 2.05) is 6.08 Å². The standard InChI is InChI=1S/C48H78N7O19P3S/c1-26(30-10-11-31-36-32(13-16-48(30,31)6)47(5)15-12-29(56)20-28(47)21-33(36)57)8-7-9-27(2)45(62)78-19-18-50-35(58)14-17-51-43(61)40(60)46(3,4)23-71-77(68,69)74-76(66,67)70-22-34-39(73-75(63,64)65)38(59)44(72-34)55-25-54-37-41(49)52-24-53-42(37)55/h9,24-26,28-34,36,38-40,44,56-57,59-60H,7-8,10-23H2,1-6H3,(H,50,58)(H,51,61)(H,66,67)(H,68,69)(H2,49,52,53)(H2,63,64,65)/b27-9+/t26?,28-,29+,30?,31?,32?,33+,34+,36?,38+,39+,40?,44+,47-,48+/m0/s1. The summed E-state index contributed by atoms with van der Waals surface area (Å²) in [4.78, 5) is 89.8. The summed E-state index contributed by atoms with van der Waals surface area (Å²) < 4.78 is 62.8. The highest BCUT2D eigenvalue weighted by molar-refractivity contribution is 8.14. The van der Waals surface area contributed by atoms with Crippen LogP contribution in [0.1, 0.15) is 118 Å². The maximum absolute atomic E-state index is 13.0. The summed E-state index contributed by atoms with van der Waals surface area (Å²) in [5.74, 6) is 1.56. The number of phosphoric acid groups is 3. The Bertz CT molecular complexity index is 2660. The molecule has 5 fully saturated rings. The van der Waals surface area contributed by atoms with Crippen LogP contribution in [0.15, 0.2) is 24.3 Å². The van der Waals surface area contributed by atoms with Crippen LogP contribution in [0.5, 0.6) is 0 Å². The molecule has 30 heteroatoms. The SMILES string of the molecule is C/C(=C\CCC(C)C1CCC2C3C(CC[C@]12C)[C@@]1(C)CC[C@@H](O)C[C@H]1C[C@H]3O)C(=O)SCCNC(=O)CCNC(=O)C(O)C(C)(C)COP(=O)(O)OP(=O)(O)OC[C@H]1O[C@@H](n2cnc3c(N)ncnc32)[C@H](O)[C@@H]1OP(=O)(O)O. The molecule has 17 atom stereocenters. The molecular weight excluding hydrogens is 1100 g/mol. The van der Waals surface area contributed by atoms with Crippen LogP contribution in [-0.4, -0.2) is 145 Å². The van der Waals surface area contributed by atoms with Crippen molar-refractivity contribution in [3.63, 3.8) is 0 Å². The molecule has 78 heavy (non-hydrogen) atoms. The van der Waals surface area contributed by atoms with Crippen LogP contribution in [0.3, 0.4) is 0 Å². The van der Waals surface area contributed by atoms with E-state index in [0.29, 0.717) is 46.8 Å². The summed E-state index contributed by atoms with van der Waals surface area (Å²) >= 11 is 1.09. The minimum absolute atomic E-state index is 0.0280. The van der Waals surface area contributed by atoms with Crippen molar-refractivity contribution in [3.8, 4) is 0 Å². The Balaban J connectivity index is 0.775. The fourth-order valence-electron chi connectivity index (χ4n) is 13.4. The predicted molar refractivity (Wildman–Crippen MR) is 282 cm³/mol. The molecule has 2 aromatic heterocycles. The molecule has 1 saturated heterocycles. The molecule has 4 aliphatic carbocycles. The van der Waals surface area contributed by atoms with Crippen LogP contribution < -0.4 is 16.4 Å². The lowest BCUT2D eigenvalue weighted by molar-refractivity contribution is -0.174. The first-order valence-corrected chi connectivity index (χ1v) is 32.0. The Morgan fingerprint density at radius 2 is 1.65 bits per heavy atom. The third-order valence-corrected chi connectivity index (χ3v) is 21.6. The number of nitrogens with zero attached hydrogens (tertiary/aromatic N) is 4. The number of carbonyl (C=O) groups is 3. The van der Waals surface area contributed by atoms with Crippen molar-refractivity contribution in [2.45, 2.75) is 155 Å². The minimum atomic E-state index is -5.60. The van der Waals surface area contributed by atoms with Gasteiger partial charge in [0.1, 0.15) is 36.3 Å². The van der Waals surface area contributed by atoms with E-state index >= 15 is 0 Å². The van der Waals surface area contributed by atoms with Gasteiger partial charge in [-0.3, -0.25) is 32.5 Å². The van der Waals surface area contributed by atoms with E-state index in [-0.39, 0.29) is 64.6 Å². The molecule has 7 rings (SSSR count). The molecule has 2 aromatic rings. The lowest BCUT2D eigenvalue weighted by atomic mass is 9.43. The predicted octanol–water partition coefficient (Wildman–Crippen LogP) is 4.02. The summed E-state index contributed by atoms with van der Waals surface area (Å²) in [6.45, 7) is 9.48. The number of aliphatic hydroxyl groups is 4. The topological polar surface area (TPSA) is 404 Å². The Morgan fingerprint density at radius 3 is 2.37 bits per heavy atom. The van der Waals surface area contributed by atoms with Gasteiger partial charge in [0.05, 0.1) is 31.7 Å². The molecule has 5 aliphatic rings. The number of phosphoric ester groups is 3. The van der Waals surface area contributed by atoms with Gasteiger partial charge >= 0.3 is 23.5 Å². The minimum Gasteiger partial charge on any atom is -0.393 e. The molecule has 3 heterocycles. The highest BCUT2D eigenvalue weighted by Gasteiger charge is 2.63. The monoisotopic (exact) mass is 1180 g/mol. The van der Waals surface area contributed by atoms with Crippen molar-refractivity contribution in [1.29, 1.82) is 0 Å². The normalized spacial score (nSPS) is 33.7. The third-order valence-electron chi connectivity index (χ3n) is 17.5. The van der Waals surface area contributed by atoms with Gasteiger partial charge in [-0.25, -0.2) is 28.6 Å². The number of hydrogen-bond acceptors (Lipinski definition) is 20. The summed E-state index contributed by atoms with van der Waals surface area (Å²) in [6.07, 6.45) is 4.28. The zero-order valence-corrected chi connectivity index (χ0v) is 48.2. The van der Waals surface area contributed by atoms with Gasteiger partial charge in [0.2, 0.25) is 16.9 Å². The van der Waals surface area contributed by atoms with Gasteiger partial charge in [-0.1, -0.05) is 52.5 Å². The van der Waals surface area contributed by atoms with Crippen LogP contribution >= 0.6 is 35.2 Å². The summed E-state index contributed by atoms with van der Waals surface area (Å²) in [5.41, 5.74) is 5.28. The largest absolute Gasteiger partial charge is 0.481 e. The molecule has 0 aromatic carbocycles. The number of rotatable bonds is 24. The number of allylic oxidation sites excluding steroid dienone is 1. The molecule has 8 unspecified atom stereocenters. The van der Waals surface area contributed by atoms with Crippen molar-refractivity contribution in [2.75, 3.05) is 37.8 Å². The van der Waals surface area contributed by atoms with E-state index in [4.69, 9.17) is 19.5 Å². The molecule has 0 bridgehead atoms. The van der Waals surface area contributed by atoms with Gasteiger partial charge in [-0.05, 0) is 123 Å². The Morgan fingerprint density at radius 1 is 0.962 bits per heavy atom. The van der Waals surface area contributed by atoms with Crippen molar-refractivity contribution in [1.82, 2.24) is 30.2 Å². The fourth-order valence-corrected chi connectivity index (χ4v) is 16.9. The highest BCUT2D eigenvalue weighted by atomic mass is 32.2. The van der Waals surface area contributed by atoms with Gasteiger partial charge in [0.15, 0.2) is 17.7 Å². The zero-order valence-electron chi connectivity index (χ0n) is 44.7. The third kappa shape index (κ3) is 14.5. The number of carbonyl (C=O) groups excluding carboxylic acids is 3. The van der Waals surface area contributed by atoms with Crippen LogP contribution in [0.25, 0.3) is 11.2 Å². The number of nitrogen functional groups attached to an aromatic ring is 1. The van der Waals surface area contributed by atoms with E-state index in [0.717, 1.165) is 86.8 Å². The number of nitrogens with one attached hydrogen (secondary N) is 2. The number of imidazole rings is 1. The number of nitrogens with two attached hydrogens (primary N) is 1. The quantitative estimate of drug-likeness (QED) is 0.0402. The maximum atomic E-state index is 13.0. The van der Waals surface area contributed by atoms with E-state index in [1.165, 1.54) is 20.3 Å². The van der Waals surface area contributed by atoms with Crippen LogP contribution in [-0.2, 0) is 50.7 Å². The summed E-state index contributed by atoms with van der Waals surface area (Å²) in [5, 5.41) is 48.7. The fraction of sp³-hybridized carbons (Fsp3) is 0.792. The number of fused-ring (bicyclic) bond motifs is 6. The van der Waals surface area contributed by atoms with Gasteiger partial charge in [0.25, 0.3) is 0 Å². The van der Waals surface area contributed by atoms with Crippen LogP contribution in [0.2, 0.25) is 0 Å². The number of thioether (sulfide) groups is 1. The average molecular weight is 1180 g/mol. The van der Waals surface area contributed by atoms with Crippen molar-refractivity contribution >= 4 is 69.1 Å². The molecule has 2 amide bonds. The summed E-state index contributed by atoms with van der Waals surface area (Å²) in [7, 11) is -16.5. The Hall–Kier alpha value is -2.78. The molecule has 12 N–H and O–H groups in total. The van der Waals surface area contributed by atoms with Gasteiger partial charge in [-0.15, -0.1) is 0 Å². The zero-order chi connectivity index (χ0) is 57.3.